The monoisotopic (exact) mass is 457 g/mol. The maximum atomic E-state index is 12.5. The molecule has 0 radical (unpaired) electrons. The van der Waals surface area contributed by atoms with Crippen molar-refractivity contribution in [3.63, 3.8) is 0 Å². The molecule has 2 aliphatic rings. The highest BCUT2D eigenvalue weighted by atomic mass is 32.2. The van der Waals surface area contributed by atoms with Crippen LogP contribution in [-0.2, 0) is 21.9 Å². The number of hydrogen-bond donors (Lipinski definition) is 1. The fraction of sp³-hybridized carbons (Fsp3) is 0.409. The van der Waals surface area contributed by atoms with Gasteiger partial charge in [0.05, 0.1) is 23.2 Å². The molecule has 0 unspecified atom stereocenters. The second kappa shape index (κ2) is 9.15. The Morgan fingerprint density at radius 1 is 1.12 bits per heavy atom. The van der Waals surface area contributed by atoms with Crippen LogP contribution in [0.3, 0.4) is 0 Å². The lowest BCUT2D eigenvalue weighted by atomic mass is 10.0. The second-order valence-corrected chi connectivity index (χ2v) is 10.2. The minimum atomic E-state index is -3.20. The molecule has 0 saturated carbocycles. The first kappa shape index (κ1) is 22.1. The maximum Gasteiger partial charge on any atom is 0.254 e. The van der Waals surface area contributed by atoms with Gasteiger partial charge < -0.3 is 10.2 Å². The molecular weight excluding hydrogens is 430 g/mol. The van der Waals surface area contributed by atoms with Gasteiger partial charge in [0, 0.05) is 45.0 Å². The van der Waals surface area contributed by atoms with Crippen molar-refractivity contribution >= 4 is 33.6 Å². The van der Waals surface area contributed by atoms with Gasteiger partial charge in [0.25, 0.3) is 5.91 Å². The van der Waals surface area contributed by atoms with Gasteiger partial charge in [0.2, 0.25) is 15.9 Å². The minimum absolute atomic E-state index is 0.0325. The number of carbonyl (C=O) groups is 2. The van der Waals surface area contributed by atoms with E-state index in [4.69, 9.17) is 0 Å². The molecule has 10 heteroatoms. The number of rotatable bonds is 5. The Balaban J connectivity index is 1.27. The van der Waals surface area contributed by atoms with E-state index in [2.05, 4.69) is 10.4 Å². The van der Waals surface area contributed by atoms with Crippen LogP contribution in [0, 0.1) is 0 Å². The summed E-state index contributed by atoms with van der Waals surface area (Å²) in [6.07, 6.45) is 8.53. The molecule has 0 atom stereocenters. The Hall–Kier alpha value is -3.14. The zero-order chi connectivity index (χ0) is 22.7. The summed E-state index contributed by atoms with van der Waals surface area (Å²) in [5.41, 5.74) is 2.01. The molecular formula is C22H27N5O4S. The van der Waals surface area contributed by atoms with E-state index in [1.54, 1.807) is 41.0 Å². The molecule has 2 aromatic rings. The van der Waals surface area contributed by atoms with Crippen LogP contribution in [-0.4, -0.2) is 66.3 Å². The fourth-order valence-electron chi connectivity index (χ4n) is 4.01. The van der Waals surface area contributed by atoms with Crippen molar-refractivity contribution in [1.82, 2.24) is 20.0 Å². The molecule has 0 bridgehead atoms. The fourth-order valence-corrected chi connectivity index (χ4v) is 5.57. The van der Waals surface area contributed by atoms with Crippen LogP contribution in [0.1, 0.15) is 35.2 Å². The molecule has 4 rings (SSSR count). The molecule has 1 N–H and O–H groups in total. The summed E-state index contributed by atoms with van der Waals surface area (Å²) in [6.45, 7) is 1.66. The minimum Gasteiger partial charge on any atom is -0.349 e. The highest BCUT2D eigenvalue weighted by Gasteiger charge is 2.28. The normalized spacial score (nSPS) is 18.9. The molecule has 1 aromatic heterocycles. The van der Waals surface area contributed by atoms with E-state index >= 15 is 0 Å². The van der Waals surface area contributed by atoms with E-state index in [0.29, 0.717) is 50.1 Å². The van der Waals surface area contributed by atoms with E-state index in [9.17, 15) is 18.0 Å². The number of carbonyl (C=O) groups excluding carboxylic acids is 2. The Labute approximate surface area is 187 Å². The van der Waals surface area contributed by atoms with Gasteiger partial charge >= 0.3 is 0 Å². The first-order chi connectivity index (χ1) is 15.3. The lowest BCUT2D eigenvalue weighted by Crippen LogP contribution is -2.46. The van der Waals surface area contributed by atoms with Gasteiger partial charge in [-0.2, -0.15) is 5.10 Å². The molecule has 2 aliphatic heterocycles. The third-order valence-corrected chi connectivity index (χ3v) is 7.68. The van der Waals surface area contributed by atoms with E-state index in [0.717, 1.165) is 5.56 Å². The van der Waals surface area contributed by atoms with Crippen LogP contribution in [0.4, 0.5) is 5.69 Å². The summed E-state index contributed by atoms with van der Waals surface area (Å²) < 4.78 is 27.1. The molecule has 2 saturated heterocycles. The molecule has 2 amide bonds. The number of sulfonamides is 1. The molecule has 2 fully saturated rings. The summed E-state index contributed by atoms with van der Waals surface area (Å²) in [5.74, 6) is -0.0336. The molecule has 9 nitrogen and oxygen atoms in total. The van der Waals surface area contributed by atoms with Crippen molar-refractivity contribution in [3.05, 3.63) is 53.9 Å². The average molecular weight is 458 g/mol. The van der Waals surface area contributed by atoms with Crippen LogP contribution in [0.5, 0.6) is 0 Å². The van der Waals surface area contributed by atoms with Crippen molar-refractivity contribution in [3.8, 4) is 0 Å². The van der Waals surface area contributed by atoms with Crippen LogP contribution >= 0.6 is 0 Å². The molecule has 0 aliphatic carbocycles. The number of aromatic nitrogens is 2. The summed E-state index contributed by atoms with van der Waals surface area (Å²) >= 11 is 0. The number of piperidine rings is 1. The number of hydrogen-bond acceptors (Lipinski definition) is 5. The predicted octanol–water partition coefficient (Wildman–Crippen LogP) is 1.39. The SMILES string of the molecule is Cn1cc(C(=O)NC2CCN(C(=O)/C=C/c3ccc(N4CCCS4(=O)=O)cc3)CC2)cn1. The lowest BCUT2D eigenvalue weighted by Gasteiger charge is -2.31. The summed E-state index contributed by atoms with van der Waals surface area (Å²) in [5, 5.41) is 7.01. The quantitative estimate of drug-likeness (QED) is 0.684. The number of anilines is 1. The highest BCUT2D eigenvalue weighted by Crippen LogP contribution is 2.24. The Kier molecular flexibility index (Phi) is 6.31. The smallest absolute Gasteiger partial charge is 0.254 e. The van der Waals surface area contributed by atoms with Crippen LogP contribution in [0.15, 0.2) is 42.7 Å². The van der Waals surface area contributed by atoms with Crippen LogP contribution in [0.25, 0.3) is 6.08 Å². The number of nitrogens with zero attached hydrogens (tertiary/aromatic N) is 4. The van der Waals surface area contributed by atoms with Gasteiger partial charge in [-0.3, -0.25) is 18.6 Å². The summed E-state index contributed by atoms with van der Waals surface area (Å²) in [6, 6.07) is 7.19. The number of aryl methyl sites for hydroxylation is 1. The molecule has 1 aromatic carbocycles. The molecule has 170 valence electrons. The highest BCUT2D eigenvalue weighted by molar-refractivity contribution is 7.93. The summed E-state index contributed by atoms with van der Waals surface area (Å²) in [7, 11) is -1.43. The standard InChI is InChI=1S/C22H27N5O4S/c1-25-16-18(15-23-25)22(29)24-19-9-12-26(13-10-19)21(28)8-5-17-3-6-20(7-4-17)27-11-2-14-32(27,30)31/h3-8,15-16,19H,2,9-14H2,1H3,(H,24,29)/b8-5+. The number of amides is 2. The van der Waals surface area contributed by atoms with Crippen molar-refractivity contribution in [2.24, 2.45) is 7.05 Å². The van der Waals surface area contributed by atoms with Crippen LogP contribution < -0.4 is 9.62 Å². The topological polar surface area (TPSA) is 105 Å². The zero-order valence-electron chi connectivity index (χ0n) is 18.0. The van der Waals surface area contributed by atoms with E-state index in [1.807, 2.05) is 12.1 Å². The molecule has 3 heterocycles. The third kappa shape index (κ3) is 5.01. The van der Waals surface area contributed by atoms with E-state index in [1.165, 1.54) is 16.6 Å². The number of benzene rings is 1. The second-order valence-electron chi connectivity index (χ2n) is 8.14. The largest absolute Gasteiger partial charge is 0.349 e. The van der Waals surface area contributed by atoms with E-state index < -0.39 is 10.0 Å². The van der Waals surface area contributed by atoms with Crippen LogP contribution in [0.2, 0.25) is 0 Å². The van der Waals surface area contributed by atoms with Gasteiger partial charge in [0.1, 0.15) is 0 Å². The Bertz CT molecular complexity index is 1120. The predicted molar refractivity (Wildman–Crippen MR) is 122 cm³/mol. The number of nitrogens with one attached hydrogen (secondary N) is 1. The van der Waals surface area contributed by atoms with Gasteiger partial charge in [-0.1, -0.05) is 12.1 Å². The van der Waals surface area contributed by atoms with Crippen molar-refractivity contribution in [1.29, 1.82) is 0 Å². The maximum absolute atomic E-state index is 12.5. The first-order valence-corrected chi connectivity index (χ1v) is 12.3. The molecule has 0 spiro atoms. The number of likely N-dealkylation sites (tertiary alicyclic amines) is 1. The third-order valence-electron chi connectivity index (χ3n) is 5.81. The van der Waals surface area contributed by atoms with Gasteiger partial charge in [-0.15, -0.1) is 0 Å². The Morgan fingerprint density at radius 3 is 2.44 bits per heavy atom. The average Bonchev–Trinajstić information content (AvgIpc) is 3.37. The van der Waals surface area contributed by atoms with Crippen molar-refractivity contribution < 1.29 is 18.0 Å². The van der Waals surface area contributed by atoms with E-state index in [-0.39, 0.29) is 23.6 Å². The zero-order valence-corrected chi connectivity index (χ0v) is 18.8. The van der Waals surface area contributed by atoms with Crippen molar-refractivity contribution in [2.45, 2.75) is 25.3 Å². The summed E-state index contributed by atoms with van der Waals surface area (Å²) in [4.78, 5) is 26.6. The Morgan fingerprint density at radius 2 is 1.84 bits per heavy atom. The lowest BCUT2D eigenvalue weighted by molar-refractivity contribution is -0.127. The van der Waals surface area contributed by atoms with Gasteiger partial charge in [-0.05, 0) is 43.0 Å². The van der Waals surface area contributed by atoms with Crippen molar-refractivity contribution in [2.75, 3.05) is 29.7 Å². The van der Waals surface area contributed by atoms with Gasteiger partial charge in [-0.25, -0.2) is 8.42 Å². The first-order valence-electron chi connectivity index (χ1n) is 10.7. The molecule has 32 heavy (non-hydrogen) atoms. The van der Waals surface area contributed by atoms with Gasteiger partial charge in [0.15, 0.2) is 0 Å².